The minimum absolute atomic E-state index is 0.139. The van der Waals surface area contributed by atoms with Crippen molar-refractivity contribution < 1.29 is 45.1 Å². The van der Waals surface area contributed by atoms with Crippen molar-refractivity contribution in [1.82, 2.24) is 0 Å². The van der Waals surface area contributed by atoms with Crippen molar-refractivity contribution in [2.75, 3.05) is 6.61 Å². The highest BCUT2D eigenvalue weighted by molar-refractivity contribution is 6.04. The number of hydrogen-bond acceptors (Lipinski definition) is 3. The number of fused-ring (bicyclic) bond motifs is 1. The third-order valence-corrected chi connectivity index (χ3v) is 4.25. The van der Waals surface area contributed by atoms with Crippen molar-refractivity contribution in [1.29, 1.82) is 0 Å². The van der Waals surface area contributed by atoms with Gasteiger partial charge in [0.1, 0.15) is 5.92 Å². The Bertz CT molecular complexity index is 901. The molecule has 0 amide bonds. The standard InChI is InChI=1S/C19H15F7O3/c1-2-29-16(28)14(15(27)17(20,21)18(22,23)19(24,25)26)10-12-8-5-7-11-6-3-4-9-13(11)12/h3-9,14H,2,10H2,1H3. The van der Waals surface area contributed by atoms with Crippen LogP contribution in [-0.4, -0.2) is 36.4 Å². The zero-order valence-electron chi connectivity index (χ0n) is 14.9. The molecule has 0 bridgehead atoms. The maximum Gasteiger partial charge on any atom is 0.460 e. The van der Waals surface area contributed by atoms with Crippen molar-refractivity contribution in [2.45, 2.75) is 31.4 Å². The number of halogens is 7. The van der Waals surface area contributed by atoms with Gasteiger partial charge in [-0.1, -0.05) is 42.5 Å². The van der Waals surface area contributed by atoms with Crippen LogP contribution in [0.3, 0.4) is 0 Å². The van der Waals surface area contributed by atoms with Gasteiger partial charge in [0.05, 0.1) is 6.61 Å². The fraction of sp³-hybridized carbons (Fsp3) is 0.368. The minimum atomic E-state index is -6.69. The Labute approximate surface area is 160 Å². The molecule has 0 saturated heterocycles. The number of esters is 1. The van der Waals surface area contributed by atoms with E-state index in [1.807, 2.05) is 0 Å². The number of hydrogen-bond donors (Lipinski definition) is 0. The highest BCUT2D eigenvalue weighted by atomic mass is 19.4. The number of carbonyl (C=O) groups is 2. The van der Waals surface area contributed by atoms with Gasteiger partial charge in [0.2, 0.25) is 5.78 Å². The molecule has 0 radical (unpaired) electrons. The van der Waals surface area contributed by atoms with Crippen LogP contribution in [0.4, 0.5) is 30.7 Å². The summed E-state index contributed by atoms with van der Waals surface area (Å²) in [6, 6.07) is 10.8. The summed E-state index contributed by atoms with van der Waals surface area (Å²) in [5.74, 6) is -19.8. The van der Waals surface area contributed by atoms with Crippen LogP contribution in [0.15, 0.2) is 42.5 Å². The first-order valence-electron chi connectivity index (χ1n) is 8.34. The van der Waals surface area contributed by atoms with Crippen LogP contribution in [0.25, 0.3) is 10.8 Å². The Balaban J connectivity index is 2.50. The molecule has 29 heavy (non-hydrogen) atoms. The molecule has 3 nitrogen and oxygen atoms in total. The first-order valence-corrected chi connectivity index (χ1v) is 8.34. The first-order chi connectivity index (χ1) is 13.3. The van der Waals surface area contributed by atoms with Crippen molar-refractivity contribution in [3.63, 3.8) is 0 Å². The van der Waals surface area contributed by atoms with Crippen LogP contribution in [-0.2, 0) is 20.7 Å². The van der Waals surface area contributed by atoms with E-state index in [4.69, 9.17) is 0 Å². The summed E-state index contributed by atoms with van der Waals surface area (Å²) < 4.78 is 96.3. The molecule has 0 aliphatic carbocycles. The molecule has 2 aromatic rings. The highest BCUT2D eigenvalue weighted by Crippen LogP contribution is 2.48. The van der Waals surface area contributed by atoms with Gasteiger partial charge in [-0.2, -0.15) is 30.7 Å². The average molecular weight is 424 g/mol. The normalized spacial score (nSPS) is 13.9. The van der Waals surface area contributed by atoms with Crippen molar-refractivity contribution >= 4 is 22.5 Å². The van der Waals surface area contributed by atoms with Gasteiger partial charge in [-0.3, -0.25) is 9.59 Å². The van der Waals surface area contributed by atoms with E-state index in [0.29, 0.717) is 10.8 Å². The van der Waals surface area contributed by atoms with Crippen LogP contribution in [0.1, 0.15) is 12.5 Å². The molecule has 0 heterocycles. The van der Waals surface area contributed by atoms with E-state index in [9.17, 15) is 40.3 Å². The summed E-state index contributed by atoms with van der Waals surface area (Å²) in [5, 5.41) is 1.01. The van der Waals surface area contributed by atoms with Gasteiger partial charge in [0, 0.05) is 0 Å². The summed E-state index contributed by atoms with van der Waals surface area (Å²) in [6.45, 7) is 0.874. The Morgan fingerprint density at radius 2 is 1.52 bits per heavy atom. The van der Waals surface area contributed by atoms with E-state index in [0.717, 1.165) is 0 Å². The molecule has 1 atom stereocenters. The van der Waals surface area contributed by atoms with Crippen LogP contribution >= 0.6 is 0 Å². The molecule has 2 rings (SSSR count). The third kappa shape index (κ3) is 4.20. The zero-order valence-corrected chi connectivity index (χ0v) is 14.9. The molecule has 0 spiro atoms. The van der Waals surface area contributed by atoms with E-state index in [1.165, 1.54) is 25.1 Å². The maximum atomic E-state index is 13.9. The molecule has 1 unspecified atom stereocenters. The average Bonchev–Trinajstić information content (AvgIpc) is 2.64. The molecule has 158 valence electrons. The number of alkyl halides is 7. The minimum Gasteiger partial charge on any atom is -0.465 e. The first kappa shape index (κ1) is 22.6. The molecular formula is C19H15F7O3. The number of Topliss-reactive ketones (excluding diaryl/α,β-unsaturated/α-hetero) is 1. The van der Waals surface area contributed by atoms with Gasteiger partial charge in [0.25, 0.3) is 0 Å². The van der Waals surface area contributed by atoms with E-state index in [1.54, 1.807) is 24.3 Å². The van der Waals surface area contributed by atoms with E-state index in [2.05, 4.69) is 4.74 Å². The van der Waals surface area contributed by atoms with Gasteiger partial charge < -0.3 is 4.74 Å². The molecule has 0 N–H and O–H groups in total. The van der Waals surface area contributed by atoms with E-state index < -0.39 is 42.1 Å². The van der Waals surface area contributed by atoms with Gasteiger partial charge in [0.15, 0.2) is 0 Å². The number of ketones is 1. The smallest absolute Gasteiger partial charge is 0.460 e. The molecular weight excluding hydrogens is 409 g/mol. The molecule has 0 fully saturated rings. The summed E-state index contributed by atoms with van der Waals surface area (Å²) in [7, 11) is 0. The second-order valence-electron chi connectivity index (χ2n) is 6.16. The molecule has 0 aliphatic heterocycles. The quantitative estimate of drug-likeness (QED) is 0.358. The third-order valence-electron chi connectivity index (χ3n) is 4.25. The molecule has 0 saturated carbocycles. The van der Waals surface area contributed by atoms with Crippen LogP contribution < -0.4 is 0 Å². The second kappa shape index (κ2) is 8.00. The van der Waals surface area contributed by atoms with Crippen LogP contribution in [0, 0.1) is 5.92 Å². The summed E-state index contributed by atoms with van der Waals surface area (Å²) in [6.07, 6.45) is -7.52. The molecule has 10 heteroatoms. The summed E-state index contributed by atoms with van der Waals surface area (Å²) in [5.41, 5.74) is 0.139. The number of benzene rings is 2. The summed E-state index contributed by atoms with van der Waals surface area (Å²) >= 11 is 0. The molecule has 0 aliphatic rings. The van der Waals surface area contributed by atoms with Gasteiger partial charge >= 0.3 is 24.0 Å². The Kier molecular flexibility index (Phi) is 6.24. The lowest BCUT2D eigenvalue weighted by molar-refractivity contribution is -0.344. The van der Waals surface area contributed by atoms with Gasteiger partial charge in [-0.05, 0) is 29.7 Å². The number of rotatable bonds is 7. The molecule has 2 aromatic carbocycles. The number of carbonyl (C=O) groups excluding carboxylic acids is 2. The van der Waals surface area contributed by atoms with E-state index >= 15 is 0 Å². The maximum absolute atomic E-state index is 13.9. The monoisotopic (exact) mass is 424 g/mol. The predicted octanol–water partition coefficient (Wildman–Crippen LogP) is 4.96. The van der Waals surface area contributed by atoms with Crippen molar-refractivity contribution in [3.05, 3.63) is 48.0 Å². The van der Waals surface area contributed by atoms with E-state index in [-0.39, 0.29) is 12.2 Å². The molecule has 0 aromatic heterocycles. The Hall–Kier alpha value is -2.65. The lowest BCUT2D eigenvalue weighted by Gasteiger charge is -2.29. The fourth-order valence-corrected chi connectivity index (χ4v) is 2.77. The van der Waals surface area contributed by atoms with Gasteiger partial charge in [-0.25, -0.2) is 0 Å². The Morgan fingerprint density at radius 1 is 0.931 bits per heavy atom. The highest BCUT2D eigenvalue weighted by Gasteiger charge is 2.76. The second-order valence-corrected chi connectivity index (χ2v) is 6.16. The topological polar surface area (TPSA) is 43.4 Å². The Morgan fingerprint density at radius 3 is 2.10 bits per heavy atom. The lowest BCUT2D eigenvalue weighted by atomic mass is 9.87. The number of ether oxygens (including phenoxy) is 1. The van der Waals surface area contributed by atoms with Crippen molar-refractivity contribution in [2.24, 2.45) is 5.92 Å². The van der Waals surface area contributed by atoms with Crippen LogP contribution in [0.5, 0.6) is 0 Å². The largest absolute Gasteiger partial charge is 0.465 e. The van der Waals surface area contributed by atoms with Crippen molar-refractivity contribution in [3.8, 4) is 0 Å². The fourth-order valence-electron chi connectivity index (χ4n) is 2.77. The van der Waals surface area contributed by atoms with Crippen LogP contribution in [0.2, 0.25) is 0 Å². The van der Waals surface area contributed by atoms with Gasteiger partial charge in [-0.15, -0.1) is 0 Å². The predicted molar refractivity (Wildman–Crippen MR) is 88.7 cm³/mol. The lowest BCUT2D eigenvalue weighted by Crippen LogP contribution is -2.58. The SMILES string of the molecule is CCOC(=O)C(Cc1cccc2ccccc12)C(=O)C(F)(F)C(F)(F)C(F)(F)F. The zero-order chi connectivity index (χ0) is 22.0. The summed E-state index contributed by atoms with van der Waals surface area (Å²) in [4.78, 5) is 24.1.